The van der Waals surface area contributed by atoms with Gasteiger partial charge >= 0.3 is 0 Å². The van der Waals surface area contributed by atoms with Gasteiger partial charge in [0, 0.05) is 18.5 Å². The molecule has 0 saturated heterocycles. The Morgan fingerprint density at radius 1 is 1.35 bits per heavy atom. The second-order valence-corrected chi connectivity index (χ2v) is 5.29. The van der Waals surface area contributed by atoms with Crippen LogP contribution in [0.4, 0.5) is 5.69 Å². The van der Waals surface area contributed by atoms with Crippen LogP contribution in [-0.2, 0) is 4.79 Å². The number of nitrogens with two attached hydrogens (primary N) is 1. The zero-order valence-electron chi connectivity index (χ0n) is 10.5. The maximum Gasteiger partial charge on any atom is 0.133 e. The SMILES string of the molecule is CC(CC(=O)CCC1CC1)c1ccc(N)cc1. The van der Waals surface area contributed by atoms with Gasteiger partial charge in [-0.05, 0) is 36.0 Å². The molecule has 2 heteroatoms. The van der Waals surface area contributed by atoms with Crippen LogP contribution in [0.3, 0.4) is 0 Å². The predicted octanol–water partition coefficient (Wildman–Crippen LogP) is 3.52. The Morgan fingerprint density at radius 2 is 2.00 bits per heavy atom. The topological polar surface area (TPSA) is 43.1 Å². The van der Waals surface area contributed by atoms with Crippen molar-refractivity contribution in [2.24, 2.45) is 5.92 Å². The van der Waals surface area contributed by atoms with Crippen molar-refractivity contribution in [2.45, 2.75) is 44.9 Å². The van der Waals surface area contributed by atoms with E-state index in [9.17, 15) is 4.79 Å². The number of benzene rings is 1. The summed E-state index contributed by atoms with van der Waals surface area (Å²) in [6.07, 6.45) is 5.20. The molecule has 17 heavy (non-hydrogen) atoms. The zero-order chi connectivity index (χ0) is 12.3. The first-order valence-electron chi connectivity index (χ1n) is 6.52. The van der Waals surface area contributed by atoms with E-state index in [4.69, 9.17) is 5.73 Å². The Morgan fingerprint density at radius 3 is 2.59 bits per heavy atom. The Balaban J connectivity index is 1.80. The molecule has 1 aromatic rings. The lowest BCUT2D eigenvalue weighted by molar-refractivity contribution is -0.119. The molecular formula is C15H21NO. The first kappa shape index (κ1) is 12.2. The number of ketones is 1. The summed E-state index contributed by atoms with van der Waals surface area (Å²) < 4.78 is 0. The first-order chi connectivity index (χ1) is 8.15. The van der Waals surface area contributed by atoms with Gasteiger partial charge in [0.15, 0.2) is 0 Å². The van der Waals surface area contributed by atoms with Crippen molar-refractivity contribution in [1.29, 1.82) is 0 Å². The number of rotatable bonds is 6. The molecule has 1 unspecified atom stereocenters. The number of hydrogen-bond acceptors (Lipinski definition) is 2. The molecule has 2 nitrogen and oxygen atoms in total. The van der Waals surface area contributed by atoms with Crippen molar-refractivity contribution >= 4 is 11.5 Å². The second kappa shape index (κ2) is 5.35. The number of Topliss-reactive ketones (excluding diaryl/α,β-unsaturated/α-hetero) is 1. The van der Waals surface area contributed by atoms with E-state index in [1.165, 1.54) is 18.4 Å². The van der Waals surface area contributed by atoms with Crippen molar-refractivity contribution in [2.75, 3.05) is 5.73 Å². The van der Waals surface area contributed by atoms with E-state index >= 15 is 0 Å². The lowest BCUT2D eigenvalue weighted by atomic mass is 9.94. The Labute approximate surface area is 103 Å². The fraction of sp³-hybridized carbons (Fsp3) is 0.533. The van der Waals surface area contributed by atoms with Gasteiger partial charge < -0.3 is 5.73 Å². The van der Waals surface area contributed by atoms with Gasteiger partial charge in [-0.15, -0.1) is 0 Å². The lowest BCUT2D eigenvalue weighted by Gasteiger charge is -2.11. The monoisotopic (exact) mass is 231 g/mol. The Kier molecular flexibility index (Phi) is 3.82. The molecule has 2 N–H and O–H groups in total. The van der Waals surface area contributed by atoms with Crippen LogP contribution in [0.25, 0.3) is 0 Å². The first-order valence-corrected chi connectivity index (χ1v) is 6.52. The summed E-state index contributed by atoms with van der Waals surface area (Å²) in [5, 5.41) is 0. The minimum Gasteiger partial charge on any atom is -0.399 e. The molecule has 0 spiro atoms. The van der Waals surface area contributed by atoms with E-state index < -0.39 is 0 Å². The van der Waals surface area contributed by atoms with Crippen LogP contribution in [0.15, 0.2) is 24.3 Å². The summed E-state index contributed by atoms with van der Waals surface area (Å²) in [5.41, 5.74) is 7.64. The molecule has 0 heterocycles. The van der Waals surface area contributed by atoms with E-state index in [0.29, 0.717) is 18.1 Å². The van der Waals surface area contributed by atoms with Crippen LogP contribution in [0.5, 0.6) is 0 Å². The summed E-state index contributed by atoms with van der Waals surface area (Å²) in [6.45, 7) is 2.11. The summed E-state index contributed by atoms with van der Waals surface area (Å²) in [6, 6.07) is 7.85. The molecule has 1 atom stereocenters. The minimum atomic E-state index is 0.308. The molecular weight excluding hydrogens is 210 g/mol. The molecule has 0 aliphatic heterocycles. The number of nitrogen functional groups attached to an aromatic ring is 1. The maximum absolute atomic E-state index is 11.8. The standard InChI is InChI=1S/C15H21NO/c1-11(13-5-7-14(16)8-6-13)10-15(17)9-4-12-2-3-12/h5-8,11-12H,2-4,9-10,16H2,1H3. The van der Waals surface area contributed by atoms with E-state index in [2.05, 4.69) is 6.92 Å². The van der Waals surface area contributed by atoms with Crippen molar-refractivity contribution in [3.63, 3.8) is 0 Å². The summed E-state index contributed by atoms with van der Waals surface area (Å²) in [4.78, 5) is 11.8. The highest BCUT2D eigenvalue weighted by Gasteiger charge is 2.22. The van der Waals surface area contributed by atoms with Gasteiger partial charge in [0.05, 0.1) is 0 Å². The molecule has 1 aliphatic carbocycles. The van der Waals surface area contributed by atoms with Crippen LogP contribution < -0.4 is 5.73 Å². The van der Waals surface area contributed by atoms with Crippen molar-refractivity contribution in [1.82, 2.24) is 0 Å². The highest BCUT2D eigenvalue weighted by molar-refractivity contribution is 5.79. The van der Waals surface area contributed by atoms with Crippen molar-refractivity contribution in [3.05, 3.63) is 29.8 Å². The van der Waals surface area contributed by atoms with E-state index in [0.717, 1.165) is 24.4 Å². The highest BCUT2D eigenvalue weighted by Crippen LogP contribution is 2.34. The normalized spacial score (nSPS) is 16.8. The van der Waals surface area contributed by atoms with Gasteiger partial charge in [0.2, 0.25) is 0 Å². The average Bonchev–Trinajstić information content (AvgIpc) is 3.11. The lowest BCUT2D eigenvalue weighted by Crippen LogP contribution is -2.04. The predicted molar refractivity (Wildman–Crippen MR) is 70.9 cm³/mol. The van der Waals surface area contributed by atoms with Gasteiger partial charge in [0.1, 0.15) is 5.78 Å². The number of carbonyl (C=O) groups excluding carboxylic acids is 1. The fourth-order valence-electron chi connectivity index (χ4n) is 2.16. The van der Waals surface area contributed by atoms with Crippen LogP contribution in [0.2, 0.25) is 0 Å². The Hall–Kier alpha value is -1.31. The number of carbonyl (C=O) groups is 1. The highest BCUT2D eigenvalue weighted by atomic mass is 16.1. The molecule has 1 aromatic carbocycles. The van der Waals surface area contributed by atoms with Crippen molar-refractivity contribution < 1.29 is 4.79 Å². The fourth-order valence-corrected chi connectivity index (χ4v) is 2.16. The number of hydrogen-bond donors (Lipinski definition) is 1. The van der Waals surface area contributed by atoms with Crippen molar-refractivity contribution in [3.8, 4) is 0 Å². The number of anilines is 1. The molecule has 0 amide bonds. The van der Waals surface area contributed by atoms with E-state index in [1.807, 2.05) is 24.3 Å². The summed E-state index contributed by atoms with van der Waals surface area (Å²) in [5.74, 6) is 1.56. The molecule has 0 radical (unpaired) electrons. The maximum atomic E-state index is 11.8. The van der Waals surface area contributed by atoms with Gasteiger partial charge in [0.25, 0.3) is 0 Å². The third-order valence-electron chi connectivity index (χ3n) is 3.57. The van der Waals surface area contributed by atoms with E-state index in [1.54, 1.807) is 0 Å². The average molecular weight is 231 g/mol. The molecule has 1 aliphatic rings. The third kappa shape index (κ3) is 3.88. The van der Waals surface area contributed by atoms with Gasteiger partial charge in [-0.3, -0.25) is 4.79 Å². The molecule has 92 valence electrons. The quantitative estimate of drug-likeness (QED) is 0.761. The zero-order valence-corrected chi connectivity index (χ0v) is 10.5. The summed E-state index contributed by atoms with van der Waals surface area (Å²) >= 11 is 0. The summed E-state index contributed by atoms with van der Waals surface area (Å²) in [7, 11) is 0. The molecule has 1 fully saturated rings. The molecule has 2 rings (SSSR count). The van der Waals surface area contributed by atoms with Crippen LogP contribution in [0.1, 0.15) is 50.5 Å². The van der Waals surface area contributed by atoms with Gasteiger partial charge in [-0.25, -0.2) is 0 Å². The smallest absolute Gasteiger partial charge is 0.133 e. The van der Waals surface area contributed by atoms with Crippen LogP contribution >= 0.6 is 0 Å². The second-order valence-electron chi connectivity index (χ2n) is 5.29. The van der Waals surface area contributed by atoms with Crippen LogP contribution in [-0.4, -0.2) is 5.78 Å². The third-order valence-corrected chi connectivity index (χ3v) is 3.57. The van der Waals surface area contributed by atoms with E-state index in [-0.39, 0.29) is 0 Å². The van der Waals surface area contributed by atoms with Crippen LogP contribution in [0, 0.1) is 5.92 Å². The largest absolute Gasteiger partial charge is 0.399 e. The minimum absolute atomic E-state index is 0.308. The van der Waals surface area contributed by atoms with Gasteiger partial charge in [-0.2, -0.15) is 0 Å². The van der Waals surface area contributed by atoms with Gasteiger partial charge in [-0.1, -0.05) is 31.9 Å². The molecule has 1 saturated carbocycles. The molecule has 0 bridgehead atoms. The molecule has 0 aromatic heterocycles. The Bertz CT molecular complexity index is 378.